The van der Waals surface area contributed by atoms with Crippen LogP contribution in [0.25, 0.3) is 86.6 Å². The first-order chi connectivity index (χ1) is 29.8. The predicted molar refractivity (Wildman–Crippen MR) is 259 cm³/mol. The second-order valence-electron chi connectivity index (χ2n) is 15.2. The summed E-state index contributed by atoms with van der Waals surface area (Å²) in [6.45, 7) is 0. The first kappa shape index (κ1) is 35.6. The highest BCUT2D eigenvalue weighted by Gasteiger charge is 2.23. The van der Waals surface area contributed by atoms with E-state index in [9.17, 15) is 0 Å². The lowest BCUT2D eigenvalue weighted by Gasteiger charge is -2.30. The summed E-state index contributed by atoms with van der Waals surface area (Å²) in [6, 6.07) is 86.3. The van der Waals surface area contributed by atoms with Crippen LogP contribution in [-0.4, -0.2) is 0 Å². The largest absolute Gasteiger partial charge is 0.310 e. The van der Waals surface area contributed by atoms with Gasteiger partial charge in [0.05, 0.1) is 5.69 Å². The highest BCUT2D eigenvalue weighted by molar-refractivity contribution is 7.25. The Morgan fingerprint density at radius 3 is 1.67 bits per heavy atom. The summed E-state index contributed by atoms with van der Waals surface area (Å²) < 4.78 is 2.63. The van der Waals surface area contributed by atoms with Gasteiger partial charge in [0, 0.05) is 37.1 Å². The molecule has 0 fully saturated rings. The molecule has 0 aliphatic heterocycles. The van der Waals surface area contributed by atoms with Crippen LogP contribution in [0.3, 0.4) is 0 Å². The highest BCUT2D eigenvalue weighted by Crippen LogP contribution is 2.49. The van der Waals surface area contributed by atoms with Crippen LogP contribution in [0.4, 0.5) is 17.1 Å². The maximum Gasteiger partial charge on any atom is 0.0546 e. The molecule has 11 aromatic rings. The molecule has 1 aromatic heterocycles. The van der Waals surface area contributed by atoms with Gasteiger partial charge in [-0.15, -0.1) is 11.3 Å². The third kappa shape index (κ3) is 6.44. The van der Waals surface area contributed by atoms with Gasteiger partial charge in [0.25, 0.3) is 0 Å². The zero-order valence-corrected chi connectivity index (χ0v) is 33.7. The molecule has 1 heterocycles. The molecule has 0 aliphatic carbocycles. The van der Waals surface area contributed by atoms with Gasteiger partial charge in [0.15, 0.2) is 0 Å². The number of hydrogen-bond acceptors (Lipinski definition) is 2. The summed E-state index contributed by atoms with van der Waals surface area (Å²) in [5, 5.41) is 5.11. The molecule has 0 saturated carbocycles. The maximum atomic E-state index is 2.46. The van der Waals surface area contributed by atoms with E-state index in [4.69, 9.17) is 0 Å². The Morgan fingerprint density at radius 1 is 0.283 bits per heavy atom. The van der Waals surface area contributed by atoms with Crippen molar-refractivity contribution in [3.05, 3.63) is 237 Å². The van der Waals surface area contributed by atoms with Gasteiger partial charge < -0.3 is 4.90 Å². The molecule has 0 aliphatic rings. The Hall–Kier alpha value is -7.52. The molecule has 0 unspecified atom stereocenters. The van der Waals surface area contributed by atoms with Crippen molar-refractivity contribution in [3.8, 4) is 55.6 Å². The van der Waals surface area contributed by atoms with Crippen LogP contribution < -0.4 is 4.90 Å². The fourth-order valence-electron chi connectivity index (χ4n) is 8.86. The minimum Gasteiger partial charge on any atom is -0.310 e. The first-order valence-corrected chi connectivity index (χ1v) is 21.3. The number of hydrogen-bond donors (Lipinski definition) is 0. The summed E-state index contributed by atoms with van der Waals surface area (Å²) >= 11 is 1.86. The molecule has 0 N–H and O–H groups in total. The Morgan fingerprint density at radius 2 is 0.850 bits per heavy atom. The monoisotopic (exact) mass is 781 g/mol. The molecule has 1 nitrogen and oxygen atoms in total. The SMILES string of the molecule is c1ccc(-c2ccccc2-c2c(-c3ccccc3)cccc2N(c2ccc(-c3ccc4c(c3)sc3ccccc34)cc2)c2cccc(-c3cccc4ccccc34)c2)cc1. The van der Waals surface area contributed by atoms with Gasteiger partial charge in [-0.1, -0.05) is 194 Å². The van der Waals surface area contributed by atoms with Gasteiger partial charge in [-0.05, 0) is 103 Å². The molecule has 0 saturated heterocycles. The molecule has 2 heteroatoms. The van der Waals surface area contributed by atoms with E-state index in [1.54, 1.807) is 0 Å². The van der Waals surface area contributed by atoms with Crippen molar-refractivity contribution in [2.75, 3.05) is 4.90 Å². The molecule has 11 rings (SSSR count). The van der Waals surface area contributed by atoms with Crippen molar-refractivity contribution >= 4 is 59.3 Å². The predicted octanol–water partition coefficient (Wildman–Crippen LogP) is 17.0. The second-order valence-corrected chi connectivity index (χ2v) is 16.3. The van der Waals surface area contributed by atoms with Gasteiger partial charge >= 0.3 is 0 Å². The fraction of sp³-hybridized carbons (Fsp3) is 0. The van der Waals surface area contributed by atoms with Gasteiger partial charge in [-0.2, -0.15) is 0 Å². The molecule has 0 radical (unpaired) electrons. The van der Waals surface area contributed by atoms with Crippen LogP contribution in [0, 0.1) is 0 Å². The highest BCUT2D eigenvalue weighted by atomic mass is 32.1. The topological polar surface area (TPSA) is 3.24 Å². The Balaban J connectivity index is 1.13. The maximum absolute atomic E-state index is 2.46. The van der Waals surface area contributed by atoms with Crippen LogP contribution >= 0.6 is 11.3 Å². The molecular weight excluding hydrogens is 743 g/mol. The number of thiophene rings is 1. The smallest absolute Gasteiger partial charge is 0.0546 e. The van der Waals surface area contributed by atoms with E-state index in [2.05, 4.69) is 241 Å². The van der Waals surface area contributed by atoms with E-state index in [1.165, 1.54) is 86.6 Å². The average Bonchev–Trinajstić information content (AvgIpc) is 3.70. The number of anilines is 3. The van der Waals surface area contributed by atoms with Crippen molar-refractivity contribution < 1.29 is 0 Å². The molecule has 10 aromatic carbocycles. The summed E-state index contributed by atoms with van der Waals surface area (Å²) in [5.74, 6) is 0. The van der Waals surface area contributed by atoms with Crippen LogP contribution in [0.5, 0.6) is 0 Å². The zero-order valence-electron chi connectivity index (χ0n) is 32.9. The van der Waals surface area contributed by atoms with Crippen LogP contribution in [0.15, 0.2) is 237 Å². The quantitative estimate of drug-likeness (QED) is 0.148. The number of fused-ring (bicyclic) bond motifs is 4. The molecule has 0 spiro atoms. The van der Waals surface area contributed by atoms with Gasteiger partial charge in [0.2, 0.25) is 0 Å². The lowest BCUT2D eigenvalue weighted by molar-refractivity contribution is 1.28. The first-order valence-electron chi connectivity index (χ1n) is 20.5. The number of rotatable bonds is 8. The minimum absolute atomic E-state index is 1.08. The van der Waals surface area contributed by atoms with E-state index >= 15 is 0 Å². The van der Waals surface area contributed by atoms with E-state index in [-0.39, 0.29) is 0 Å². The third-order valence-electron chi connectivity index (χ3n) is 11.7. The van der Waals surface area contributed by atoms with E-state index in [1.807, 2.05) is 11.3 Å². The molecule has 60 heavy (non-hydrogen) atoms. The van der Waals surface area contributed by atoms with E-state index in [0.29, 0.717) is 0 Å². The van der Waals surface area contributed by atoms with E-state index < -0.39 is 0 Å². The van der Waals surface area contributed by atoms with Gasteiger partial charge in [0.1, 0.15) is 0 Å². The second kappa shape index (κ2) is 15.3. The summed E-state index contributed by atoms with van der Waals surface area (Å²) in [4.78, 5) is 2.46. The molecular formula is C58H39NS. The van der Waals surface area contributed by atoms with Crippen molar-refractivity contribution in [1.29, 1.82) is 0 Å². The van der Waals surface area contributed by atoms with Crippen molar-refractivity contribution in [2.24, 2.45) is 0 Å². The standard InChI is InChI=1S/C58H39NS/c1-3-16-41(17-4-1)49-25-9-10-27-54(49)58-51(43-18-5-2-6-19-43)29-15-30-55(58)59(47-23-13-22-45(38-47)50-28-14-21-42-20-7-8-24-48(42)50)46-35-32-40(33-36-46)44-34-37-53-52-26-11-12-31-56(52)60-57(53)39-44/h1-39H. The van der Waals surface area contributed by atoms with Crippen LogP contribution in [0.2, 0.25) is 0 Å². The van der Waals surface area contributed by atoms with E-state index in [0.717, 1.165) is 17.1 Å². The van der Waals surface area contributed by atoms with Crippen molar-refractivity contribution in [3.63, 3.8) is 0 Å². The minimum atomic E-state index is 1.08. The number of benzene rings is 10. The summed E-state index contributed by atoms with van der Waals surface area (Å²) in [5.41, 5.74) is 15.2. The Bertz CT molecular complexity index is 3300. The van der Waals surface area contributed by atoms with Gasteiger partial charge in [-0.25, -0.2) is 0 Å². The molecule has 0 amide bonds. The Kier molecular flexibility index (Phi) is 9.11. The normalized spacial score (nSPS) is 11.3. The van der Waals surface area contributed by atoms with Crippen LogP contribution in [0.1, 0.15) is 0 Å². The molecule has 0 bridgehead atoms. The zero-order chi connectivity index (χ0) is 39.8. The Labute approximate surface area is 354 Å². The lowest BCUT2D eigenvalue weighted by Crippen LogP contribution is -2.12. The van der Waals surface area contributed by atoms with Crippen LogP contribution in [-0.2, 0) is 0 Å². The number of nitrogens with zero attached hydrogens (tertiary/aromatic N) is 1. The molecule has 282 valence electrons. The summed E-state index contributed by atoms with van der Waals surface area (Å²) in [7, 11) is 0. The average molecular weight is 782 g/mol. The summed E-state index contributed by atoms with van der Waals surface area (Å²) in [6.07, 6.45) is 0. The van der Waals surface area contributed by atoms with Gasteiger partial charge in [-0.3, -0.25) is 0 Å². The fourth-order valence-corrected chi connectivity index (χ4v) is 10.0. The van der Waals surface area contributed by atoms with Crippen molar-refractivity contribution in [2.45, 2.75) is 0 Å². The lowest BCUT2D eigenvalue weighted by atomic mass is 9.87. The van der Waals surface area contributed by atoms with Crippen molar-refractivity contribution in [1.82, 2.24) is 0 Å². The third-order valence-corrected chi connectivity index (χ3v) is 12.8. The molecule has 0 atom stereocenters.